The molecule has 0 bridgehead atoms. The summed E-state index contributed by atoms with van der Waals surface area (Å²) >= 11 is 2.62. The predicted octanol–water partition coefficient (Wildman–Crippen LogP) is 3.23. The molecule has 0 aromatic carbocycles. The van der Waals surface area contributed by atoms with Gasteiger partial charge in [0.05, 0.1) is 17.4 Å². The Morgan fingerprint density at radius 3 is 2.79 bits per heavy atom. The lowest BCUT2D eigenvalue weighted by Crippen LogP contribution is -2.24. The minimum atomic E-state index is -0.503. The van der Waals surface area contributed by atoms with Crippen LogP contribution in [-0.2, 0) is 22.4 Å². The van der Waals surface area contributed by atoms with E-state index in [0.29, 0.717) is 27.0 Å². The number of esters is 1. The van der Waals surface area contributed by atoms with Gasteiger partial charge in [-0.15, -0.1) is 11.3 Å². The van der Waals surface area contributed by atoms with Crippen molar-refractivity contribution in [3.8, 4) is 0 Å². The average molecular weight is 422 g/mol. The molecule has 9 heteroatoms. The number of thiophene rings is 1. The number of nitrogens with one attached hydrogen (secondary N) is 2. The number of aromatic nitrogens is 2. The second-order valence-corrected chi connectivity index (χ2v) is 9.05. The number of hydrogen-bond donors (Lipinski definition) is 2. The average Bonchev–Trinajstić information content (AvgIpc) is 3.20. The predicted molar refractivity (Wildman–Crippen MR) is 111 cm³/mol. The van der Waals surface area contributed by atoms with Gasteiger partial charge in [0.1, 0.15) is 5.00 Å². The summed E-state index contributed by atoms with van der Waals surface area (Å²) < 4.78 is 5.19. The van der Waals surface area contributed by atoms with Gasteiger partial charge in [-0.25, -0.2) is 9.78 Å². The van der Waals surface area contributed by atoms with Gasteiger partial charge in [0, 0.05) is 16.1 Å². The van der Waals surface area contributed by atoms with Gasteiger partial charge in [-0.2, -0.15) is 0 Å². The number of thioether (sulfide) groups is 1. The number of fused-ring (bicyclic) bond motifs is 1. The van der Waals surface area contributed by atoms with Crippen LogP contribution < -0.4 is 10.9 Å². The van der Waals surface area contributed by atoms with Crippen LogP contribution in [0, 0.1) is 13.8 Å². The van der Waals surface area contributed by atoms with Crippen LogP contribution in [0.25, 0.3) is 0 Å². The van der Waals surface area contributed by atoms with Crippen LogP contribution in [0.3, 0.4) is 0 Å². The first-order chi connectivity index (χ1) is 13.3. The zero-order valence-electron chi connectivity index (χ0n) is 16.3. The third-order valence-corrected chi connectivity index (χ3v) is 6.86. The van der Waals surface area contributed by atoms with Gasteiger partial charge < -0.3 is 15.0 Å². The van der Waals surface area contributed by atoms with Gasteiger partial charge in [-0.3, -0.25) is 9.59 Å². The number of aryl methyl sites for hydroxylation is 2. The Balaban J connectivity index is 1.78. The Kier molecular flexibility index (Phi) is 6.24. The summed E-state index contributed by atoms with van der Waals surface area (Å²) in [5.74, 6) is -0.644. The van der Waals surface area contributed by atoms with E-state index in [4.69, 9.17) is 4.74 Å². The van der Waals surface area contributed by atoms with Gasteiger partial charge in [-0.1, -0.05) is 11.8 Å². The van der Waals surface area contributed by atoms with E-state index in [0.717, 1.165) is 29.7 Å². The second kappa shape index (κ2) is 8.48. The highest BCUT2D eigenvalue weighted by Gasteiger charge is 2.29. The molecular formula is C19H23N3O4S2. The number of nitrogens with zero attached hydrogens (tertiary/aromatic N) is 1. The van der Waals surface area contributed by atoms with Crippen LogP contribution in [0.2, 0.25) is 0 Å². The van der Waals surface area contributed by atoms with Crippen LogP contribution >= 0.6 is 23.1 Å². The topological polar surface area (TPSA) is 101 Å². The maximum atomic E-state index is 12.7. The smallest absolute Gasteiger partial charge is 0.341 e. The van der Waals surface area contributed by atoms with E-state index in [-0.39, 0.29) is 18.1 Å². The number of carbonyl (C=O) groups is 2. The fourth-order valence-corrected chi connectivity index (χ4v) is 5.14. The molecule has 0 radical (unpaired) electrons. The fourth-order valence-electron chi connectivity index (χ4n) is 3.02. The molecule has 3 rings (SSSR count). The third kappa shape index (κ3) is 4.15. The SMILES string of the molecule is CCOC(=O)c1c(NC(=O)C(C)Sc2nc(C)c(C)c(=O)[nH]2)sc2c1CCC2. The van der Waals surface area contributed by atoms with Gasteiger partial charge in [0.15, 0.2) is 5.16 Å². The standard InChI is InChI=1S/C19H23N3O4S2/c1-5-26-18(25)14-12-7-6-8-13(12)28-17(14)21-16(24)11(4)27-19-20-10(3)9(2)15(23)22-19/h11H,5-8H2,1-4H3,(H,21,24)(H,20,22,23). The van der Waals surface area contributed by atoms with Crippen LogP contribution in [0.1, 0.15) is 52.3 Å². The van der Waals surface area contributed by atoms with E-state index >= 15 is 0 Å². The number of anilines is 1. The van der Waals surface area contributed by atoms with Crippen LogP contribution in [0.5, 0.6) is 0 Å². The van der Waals surface area contributed by atoms with Crippen molar-refractivity contribution in [3.05, 3.63) is 37.6 Å². The molecule has 0 aliphatic heterocycles. The Labute approximate surface area is 171 Å². The molecule has 0 saturated carbocycles. The summed E-state index contributed by atoms with van der Waals surface area (Å²) in [6, 6.07) is 0. The summed E-state index contributed by atoms with van der Waals surface area (Å²) in [5, 5.41) is 3.32. The van der Waals surface area contributed by atoms with E-state index in [1.807, 2.05) is 0 Å². The van der Waals surface area contributed by atoms with Crippen LogP contribution in [0.15, 0.2) is 9.95 Å². The fraction of sp³-hybridized carbons (Fsp3) is 0.474. The minimum absolute atomic E-state index is 0.207. The molecule has 2 heterocycles. The molecule has 1 amide bonds. The molecule has 2 N–H and O–H groups in total. The molecular weight excluding hydrogens is 398 g/mol. The van der Waals surface area contributed by atoms with Gasteiger partial charge >= 0.3 is 5.97 Å². The molecule has 1 atom stereocenters. The Bertz CT molecular complexity index is 980. The van der Waals surface area contributed by atoms with Crippen molar-refractivity contribution in [1.29, 1.82) is 0 Å². The van der Waals surface area contributed by atoms with Crippen molar-refractivity contribution in [3.63, 3.8) is 0 Å². The van der Waals surface area contributed by atoms with Crippen molar-refractivity contribution in [2.24, 2.45) is 0 Å². The first-order valence-corrected chi connectivity index (χ1v) is 10.9. The van der Waals surface area contributed by atoms with E-state index in [1.165, 1.54) is 23.1 Å². The number of hydrogen-bond acceptors (Lipinski definition) is 7. The third-order valence-electron chi connectivity index (χ3n) is 4.67. The molecule has 150 valence electrons. The largest absolute Gasteiger partial charge is 0.462 e. The lowest BCUT2D eigenvalue weighted by Gasteiger charge is -2.12. The highest BCUT2D eigenvalue weighted by Crippen LogP contribution is 2.39. The van der Waals surface area contributed by atoms with Crippen molar-refractivity contribution in [1.82, 2.24) is 9.97 Å². The Morgan fingerprint density at radius 2 is 2.11 bits per heavy atom. The minimum Gasteiger partial charge on any atom is -0.462 e. The lowest BCUT2D eigenvalue weighted by atomic mass is 10.1. The van der Waals surface area contributed by atoms with Crippen molar-refractivity contribution < 1.29 is 14.3 Å². The molecule has 2 aromatic rings. The van der Waals surface area contributed by atoms with Gasteiger partial charge in [-0.05, 0) is 52.5 Å². The van der Waals surface area contributed by atoms with Gasteiger partial charge in [0.25, 0.3) is 5.56 Å². The van der Waals surface area contributed by atoms with Crippen molar-refractivity contribution in [2.45, 2.75) is 57.4 Å². The summed E-state index contributed by atoms with van der Waals surface area (Å²) in [5.41, 5.74) is 2.48. The number of carbonyl (C=O) groups excluding carboxylic acids is 2. The number of ether oxygens (including phenoxy) is 1. The van der Waals surface area contributed by atoms with Crippen molar-refractivity contribution in [2.75, 3.05) is 11.9 Å². The molecule has 1 aliphatic carbocycles. The number of rotatable bonds is 6. The zero-order valence-corrected chi connectivity index (χ0v) is 17.9. The first-order valence-electron chi connectivity index (χ1n) is 9.18. The Hall–Kier alpha value is -2.13. The van der Waals surface area contributed by atoms with Crippen molar-refractivity contribution >= 4 is 40.0 Å². The van der Waals surface area contributed by atoms with E-state index < -0.39 is 11.2 Å². The van der Waals surface area contributed by atoms with Crippen LogP contribution in [0.4, 0.5) is 5.00 Å². The monoisotopic (exact) mass is 421 g/mol. The second-order valence-electron chi connectivity index (χ2n) is 6.61. The summed E-state index contributed by atoms with van der Waals surface area (Å²) in [7, 11) is 0. The molecule has 7 nitrogen and oxygen atoms in total. The highest BCUT2D eigenvalue weighted by atomic mass is 32.2. The van der Waals surface area contributed by atoms with E-state index in [2.05, 4.69) is 15.3 Å². The Morgan fingerprint density at radius 1 is 1.36 bits per heavy atom. The molecule has 0 spiro atoms. The molecule has 2 aromatic heterocycles. The van der Waals surface area contributed by atoms with Gasteiger partial charge in [0.2, 0.25) is 5.91 Å². The normalized spacial score (nSPS) is 13.9. The van der Waals surface area contributed by atoms with E-state index in [1.54, 1.807) is 27.7 Å². The molecule has 1 unspecified atom stereocenters. The maximum absolute atomic E-state index is 12.7. The summed E-state index contributed by atoms with van der Waals surface area (Å²) in [4.78, 5) is 45.2. The quantitative estimate of drug-likeness (QED) is 0.422. The molecule has 0 saturated heterocycles. The number of aromatic amines is 1. The molecule has 1 aliphatic rings. The summed E-state index contributed by atoms with van der Waals surface area (Å²) in [6.45, 7) is 7.26. The van der Waals surface area contributed by atoms with Crippen LogP contribution in [-0.4, -0.2) is 33.7 Å². The number of H-pyrrole nitrogens is 1. The maximum Gasteiger partial charge on any atom is 0.341 e. The first kappa shape index (κ1) is 20.6. The summed E-state index contributed by atoms with van der Waals surface area (Å²) in [6.07, 6.45) is 2.76. The lowest BCUT2D eigenvalue weighted by molar-refractivity contribution is -0.115. The number of amides is 1. The van der Waals surface area contributed by atoms with E-state index in [9.17, 15) is 14.4 Å². The zero-order chi connectivity index (χ0) is 20.4. The highest BCUT2D eigenvalue weighted by molar-refractivity contribution is 8.00. The molecule has 28 heavy (non-hydrogen) atoms. The molecule has 0 fully saturated rings.